The molecule has 0 radical (unpaired) electrons. The van der Waals surface area contributed by atoms with Gasteiger partial charge in [0.05, 0.1) is 12.2 Å². The van der Waals surface area contributed by atoms with Gasteiger partial charge in [0.25, 0.3) is 0 Å². The Kier molecular flexibility index (Phi) is 4.98. The summed E-state index contributed by atoms with van der Waals surface area (Å²) in [6.07, 6.45) is 1.17. The van der Waals surface area contributed by atoms with Crippen LogP contribution in [0.15, 0.2) is 48.7 Å². The number of carbonyl (C=O) groups excluding carboxylic acids is 1. The molecule has 1 aromatic carbocycles. The third-order valence-electron chi connectivity index (χ3n) is 2.64. The van der Waals surface area contributed by atoms with Crippen LogP contribution >= 0.6 is 0 Å². The first-order valence-electron chi connectivity index (χ1n) is 6.53. The zero-order valence-corrected chi connectivity index (χ0v) is 11.6. The van der Waals surface area contributed by atoms with Crippen LogP contribution in [0.1, 0.15) is 12.6 Å². The number of phenols is 1. The number of nitrogens with one attached hydrogen (secondary N) is 2. The van der Waals surface area contributed by atoms with Gasteiger partial charge in [-0.3, -0.25) is 4.98 Å². The Bertz CT molecular complexity index is 572. The minimum Gasteiger partial charge on any atom is -0.508 e. The highest BCUT2D eigenvalue weighted by Gasteiger charge is 2.08. The number of pyridine rings is 1. The molecular weight excluding hydrogens is 270 g/mol. The van der Waals surface area contributed by atoms with Crippen LogP contribution in [0.5, 0.6) is 11.5 Å². The molecule has 1 atom stereocenters. The van der Waals surface area contributed by atoms with Gasteiger partial charge in [0.1, 0.15) is 11.5 Å². The van der Waals surface area contributed by atoms with E-state index in [-0.39, 0.29) is 11.8 Å². The predicted molar refractivity (Wildman–Crippen MR) is 77.8 cm³/mol. The molecule has 2 amide bonds. The second-order valence-corrected chi connectivity index (χ2v) is 4.40. The molecule has 1 aromatic heterocycles. The topological polar surface area (TPSA) is 83.5 Å². The van der Waals surface area contributed by atoms with Gasteiger partial charge in [-0.05, 0) is 43.3 Å². The Morgan fingerprint density at radius 2 is 2.05 bits per heavy atom. The number of aromatic hydroxyl groups is 1. The van der Waals surface area contributed by atoms with Gasteiger partial charge in [0, 0.05) is 6.20 Å². The number of ether oxygens (including phenoxy) is 1. The molecule has 6 heteroatoms. The molecule has 2 rings (SSSR count). The van der Waals surface area contributed by atoms with Crippen molar-refractivity contribution in [3.63, 3.8) is 0 Å². The number of carbonyl (C=O) groups is 1. The molecule has 3 N–H and O–H groups in total. The van der Waals surface area contributed by atoms with Gasteiger partial charge in [-0.15, -0.1) is 0 Å². The third kappa shape index (κ3) is 5.02. The number of urea groups is 1. The molecular formula is C15H17N3O3. The first-order valence-corrected chi connectivity index (χ1v) is 6.53. The molecule has 0 fully saturated rings. The molecule has 21 heavy (non-hydrogen) atoms. The van der Waals surface area contributed by atoms with Gasteiger partial charge in [-0.1, -0.05) is 6.07 Å². The van der Waals surface area contributed by atoms with Crippen molar-refractivity contribution < 1.29 is 14.6 Å². The SMILES string of the molecule is CC(NC(=O)NCc1ccccn1)Oc1ccc(O)cc1. The molecule has 2 aromatic rings. The maximum absolute atomic E-state index is 11.7. The minimum atomic E-state index is -0.502. The van der Waals surface area contributed by atoms with E-state index in [9.17, 15) is 9.90 Å². The number of phenolic OH excluding ortho intramolecular Hbond substituents is 1. The first-order chi connectivity index (χ1) is 10.1. The minimum absolute atomic E-state index is 0.163. The molecule has 0 aliphatic rings. The van der Waals surface area contributed by atoms with Crippen LogP contribution in [0.3, 0.4) is 0 Å². The molecule has 0 aliphatic carbocycles. The summed E-state index contributed by atoms with van der Waals surface area (Å²) in [5.41, 5.74) is 0.778. The highest BCUT2D eigenvalue weighted by molar-refractivity contribution is 5.73. The average Bonchev–Trinajstić information content (AvgIpc) is 2.48. The molecule has 1 heterocycles. The molecule has 0 aliphatic heterocycles. The molecule has 0 bridgehead atoms. The van der Waals surface area contributed by atoms with Gasteiger partial charge < -0.3 is 20.5 Å². The molecule has 0 saturated heterocycles. The van der Waals surface area contributed by atoms with E-state index in [4.69, 9.17) is 4.74 Å². The van der Waals surface area contributed by atoms with Crippen LogP contribution < -0.4 is 15.4 Å². The van der Waals surface area contributed by atoms with E-state index < -0.39 is 6.23 Å². The summed E-state index contributed by atoms with van der Waals surface area (Å²) in [5, 5.41) is 14.5. The van der Waals surface area contributed by atoms with E-state index in [1.807, 2.05) is 18.2 Å². The van der Waals surface area contributed by atoms with Crippen molar-refractivity contribution in [1.82, 2.24) is 15.6 Å². The summed E-state index contributed by atoms with van der Waals surface area (Å²) >= 11 is 0. The Balaban J connectivity index is 1.75. The summed E-state index contributed by atoms with van der Waals surface area (Å²) in [5.74, 6) is 0.724. The van der Waals surface area contributed by atoms with Crippen molar-refractivity contribution in [2.45, 2.75) is 19.7 Å². The molecule has 0 saturated carbocycles. The van der Waals surface area contributed by atoms with Crippen LogP contribution in [-0.2, 0) is 6.54 Å². The number of hydrogen-bond donors (Lipinski definition) is 3. The van der Waals surface area contributed by atoms with Crippen LogP contribution in [0, 0.1) is 0 Å². The third-order valence-corrected chi connectivity index (χ3v) is 2.64. The molecule has 0 spiro atoms. The fourth-order valence-corrected chi connectivity index (χ4v) is 1.67. The Morgan fingerprint density at radius 3 is 2.71 bits per heavy atom. The second-order valence-electron chi connectivity index (χ2n) is 4.40. The Hall–Kier alpha value is -2.76. The highest BCUT2D eigenvalue weighted by atomic mass is 16.5. The number of rotatable bonds is 5. The lowest BCUT2D eigenvalue weighted by atomic mass is 10.3. The normalized spacial score (nSPS) is 11.5. The molecule has 1 unspecified atom stereocenters. The van der Waals surface area contributed by atoms with Gasteiger partial charge in [-0.2, -0.15) is 0 Å². The van der Waals surface area contributed by atoms with Crippen LogP contribution in [0.2, 0.25) is 0 Å². The van der Waals surface area contributed by atoms with Crippen molar-refractivity contribution in [1.29, 1.82) is 0 Å². The number of benzene rings is 1. The zero-order chi connectivity index (χ0) is 15.1. The zero-order valence-electron chi connectivity index (χ0n) is 11.6. The fourth-order valence-electron chi connectivity index (χ4n) is 1.67. The van der Waals surface area contributed by atoms with Crippen molar-refractivity contribution in [2.24, 2.45) is 0 Å². The monoisotopic (exact) mass is 287 g/mol. The number of nitrogens with zero attached hydrogens (tertiary/aromatic N) is 1. The van der Waals surface area contributed by atoms with E-state index in [2.05, 4.69) is 15.6 Å². The lowest BCUT2D eigenvalue weighted by Crippen LogP contribution is -2.43. The van der Waals surface area contributed by atoms with Gasteiger partial charge >= 0.3 is 6.03 Å². The fraction of sp³-hybridized carbons (Fsp3) is 0.200. The van der Waals surface area contributed by atoms with E-state index in [1.54, 1.807) is 25.3 Å². The van der Waals surface area contributed by atoms with Crippen molar-refractivity contribution in [3.05, 3.63) is 54.4 Å². The van der Waals surface area contributed by atoms with Gasteiger partial charge in [-0.25, -0.2) is 4.79 Å². The van der Waals surface area contributed by atoms with E-state index in [0.717, 1.165) is 5.69 Å². The van der Waals surface area contributed by atoms with Crippen LogP contribution in [-0.4, -0.2) is 22.3 Å². The second kappa shape index (κ2) is 7.14. The Labute approximate surface area is 122 Å². The van der Waals surface area contributed by atoms with E-state index in [1.165, 1.54) is 12.1 Å². The van der Waals surface area contributed by atoms with Gasteiger partial charge in [0.15, 0.2) is 6.23 Å². The number of amides is 2. The molecule has 6 nitrogen and oxygen atoms in total. The maximum atomic E-state index is 11.7. The lowest BCUT2D eigenvalue weighted by molar-refractivity contribution is 0.176. The van der Waals surface area contributed by atoms with Crippen LogP contribution in [0.4, 0.5) is 4.79 Å². The number of aromatic nitrogens is 1. The summed E-state index contributed by atoms with van der Waals surface area (Å²) in [6.45, 7) is 2.06. The van der Waals surface area contributed by atoms with E-state index in [0.29, 0.717) is 12.3 Å². The van der Waals surface area contributed by atoms with Gasteiger partial charge in [0.2, 0.25) is 0 Å². The maximum Gasteiger partial charge on any atom is 0.317 e. The number of hydrogen-bond acceptors (Lipinski definition) is 4. The lowest BCUT2D eigenvalue weighted by Gasteiger charge is -2.16. The largest absolute Gasteiger partial charge is 0.508 e. The summed E-state index contributed by atoms with van der Waals surface area (Å²) < 4.78 is 5.49. The van der Waals surface area contributed by atoms with Crippen molar-refractivity contribution >= 4 is 6.03 Å². The molecule has 110 valence electrons. The highest BCUT2D eigenvalue weighted by Crippen LogP contribution is 2.16. The van der Waals surface area contributed by atoms with E-state index >= 15 is 0 Å². The summed E-state index contributed by atoms with van der Waals surface area (Å²) in [4.78, 5) is 15.8. The van der Waals surface area contributed by atoms with Crippen molar-refractivity contribution in [2.75, 3.05) is 0 Å². The average molecular weight is 287 g/mol. The predicted octanol–water partition coefficient (Wildman–Crippen LogP) is 2.01. The Morgan fingerprint density at radius 1 is 1.29 bits per heavy atom. The quantitative estimate of drug-likeness (QED) is 0.735. The smallest absolute Gasteiger partial charge is 0.317 e. The summed E-state index contributed by atoms with van der Waals surface area (Å²) in [6, 6.07) is 11.4. The summed E-state index contributed by atoms with van der Waals surface area (Å²) in [7, 11) is 0. The van der Waals surface area contributed by atoms with Crippen molar-refractivity contribution in [3.8, 4) is 11.5 Å². The first kappa shape index (κ1) is 14.6. The van der Waals surface area contributed by atoms with Crippen LogP contribution in [0.25, 0.3) is 0 Å². The standard InChI is InChI=1S/C15H17N3O3/c1-11(21-14-7-5-13(19)6-8-14)18-15(20)17-10-12-4-2-3-9-16-12/h2-9,11,19H,10H2,1H3,(H2,17,18,20).